The van der Waals surface area contributed by atoms with E-state index in [-0.39, 0.29) is 11.4 Å². The maximum atomic E-state index is 13.9. The van der Waals surface area contributed by atoms with Gasteiger partial charge in [-0.1, -0.05) is 27.7 Å². The van der Waals surface area contributed by atoms with Crippen LogP contribution in [0.3, 0.4) is 0 Å². The van der Waals surface area contributed by atoms with Crippen molar-refractivity contribution in [2.45, 2.75) is 52.5 Å². The molecule has 1 fully saturated rings. The molecule has 2 aromatic rings. The van der Waals surface area contributed by atoms with Gasteiger partial charge in [0.2, 0.25) is 0 Å². The van der Waals surface area contributed by atoms with E-state index in [1.807, 2.05) is 26.0 Å². The molecule has 0 bridgehead atoms. The molecule has 2 heterocycles. The molecule has 0 amide bonds. The van der Waals surface area contributed by atoms with E-state index in [0.29, 0.717) is 17.8 Å². The fourth-order valence-corrected chi connectivity index (χ4v) is 2.28. The average molecular weight is 341 g/mol. The van der Waals surface area contributed by atoms with Crippen molar-refractivity contribution in [2.75, 3.05) is 10.6 Å². The van der Waals surface area contributed by atoms with Gasteiger partial charge in [-0.15, -0.1) is 0 Å². The Balaban J connectivity index is 0.00000109. The standard InChI is InChI=1S/C17H18FN5.C2H6/c1-10(2)13-9-20-16(6-15(13)22-12-3-4-12)23-17-14(18)5-11(7-19)8-21-17;1-2/h5-6,8-10,12H,3-4H2,1-2H3,(H2,20,21,22,23);1-2H3. The van der Waals surface area contributed by atoms with Crippen LogP contribution < -0.4 is 10.6 Å². The van der Waals surface area contributed by atoms with Crippen LogP contribution >= 0.6 is 0 Å². The van der Waals surface area contributed by atoms with E-state index in [2.05, 4.69) is 34.4 Å². The van der Waals surface area contributed by atoms with Crippen molar-refractivity contribution < 1.29 is 4.39 Å². The van der Waals surface area contributed by atoms with Crippen molar-refractivity contribution >= 4 is 17.3 Å². The van der Waals surface area contributed by atoms with Crippen LogP contribution in [-0.4, -0.2) is 16.0 Å². The topological polar surface area (TPSA) is 73.6 Å². The molecule has 0 aromatic carbocycles. The molecule has 5 nitrogen and oxygen atoms in total. The van der Waals surface area contributed by atoms with Crippen molar-refractivity contribution in [3.05, 3.63) is 41.5 Å². The van der Waals surface area contributed by atoms with Gasteiger partial charge in [-0.25, -0.2) is 14.4 Å². The molecule has 1 saturated carbocycles. The minimum Gasteiger partial charge on any atom is -0.382 e. The summed E-state index contributed by atoms with van der Waals surface area (Å²) in [7, 11) is 0. The largest absolute Gasteiger partial charge is 0.382 e. The van der Waals surface area contributed by atoms with Crippen molar-refractivity contribution in [3.8, 4) is 6.07 Å². The first-order valence-corrected chi connectivity index (χ1v) is 8.66. The summed E-state index contributed by atoms with van der Waals surface area (Å²) in [5.41, 5.74) is 2.34. The van der Waals surface area contributed by atoms with Crippen LogP contribution in [0.1, 0.15) is 57.6 Å². The zero-order valence-corrected chi connectivity index (χ0v) is 15.1. The Morgan fingerprint density at radius 1 is 1.20 bits per heavy atom. The summed E-state index contributed by atoms with van der Waals surface area (Å²) >= 11 is 0. The minimum atomic E-state index is -0.574. The van der Waals surface area contributed by atoms with E-state index in [9.17, 15) is 4.39 Å². The average Bonchev–Trinajstić information content (AvgIpc) is 3.42. The van der Waals surface area contributed by atoms with Gasteiger partial charge in [0.15, 0.2) is 11.6 Å². The van der Waals surface area contributed by atoms with Gasteiger partial charge in [0.1, 0.15) is 11.9 Å². The summed E-state index contributed by atoms with van der Waals surface area (Å²) < 4.78 is 13.9. The third-order valence-electron chi connectivity index (χ3n) is 3.71. The molecule has 0 radical (unpaired) electrons. The number of halogens is 1. The summed E-state index contributed by atoms with van der Waals surface area (Å²) in [6.45, 7) is 8.23. The number of hydrogen-bond acceptors (Lipinski definition) is 5. The van der Waals surface area contributed by atoms with Gasteiger partial charge in [0.25, 0.3) is 0 Å². The molecule has 0 atom stereocenters. The fraction of sp³-hybridized carbons (Fsp3) is 0.421. The van der Waals surface area contributed by atoms with Crippen LogP contribution in [0.5, 0.6) is 0 Å². The van der Waals surface area contributed by atoms with E-state index in [4.69, 9.17) is 5.26 Å². The first-order chi connectivity index (χ1) is 12.1. The number of pyridine rings is 2. The number of nitrogens with zero attached hydrogens (tertiary/aromatic N) is 3. The second-order valence-electron chi connectivity index (χ2n) is 6.02. The second-order valence-corrected chi connectivity index (χ2v) is 6.02. The molecule has 6 heteroatoms. The summed E-state index contributed by atoms with van der Waals surface area (Å²) in [6.07, 6.45) is 5.49. The Hall–Kier alpha value is -2.68. The highest BCUT2D eigenvalue weighted by atomic mass is 19.1. The van der Waals surface area contributed by atoms with Gasteiger partial charge in [0.05, 0.1) is 5.56 Å². The number of rotatable bonds is 5. The molecule has 0 aliphatic heterocycles. The van der Waals surface area contributed by atoms with Crippen molar-refractivity contribution in [3.63, 3.8) is 0 Å². The highest BCUT2D eigenvalue weighted by Gasteiger charge is 2.23. The molecule has 1 aliphatic rings. The Labute approximate surface area is 148 Å². The van der Waals surface area contributed by atoms with E-state index in [1.54, 1.807) is 6.20 Å². The SMILES string of the molecule is CC.CC(C)c1cnc(Nc2ncc(C#N)cc2F)cc1NC1CC1. The number of hydrogen-bond donors (Lipinski definition) is 2. The van der Waals surface area contributed by atoms with Crippen LogP contribution in [0.2, 0.25) is 0 Å². The molecule has 2 N–H and O–H groups in total. The maximum absolute atomic E-state index is 13.9. The van der Waals surface area contributed by atoms with E-state index >= 15 is 0 Å². The number of aromatic nitrogens is 2. The maximum Gasteiger partial charge on any atom is 0.167 e. The third kappa shape index (κ3) is 4.90. The zero-order chi connectivity index (χ0) is 18.4. The van der Waals surface area contributed by atoms with Crippen molar-refractivity contribution in [1.29, 1.82) is 5.26 Å². The monoisotopic (exact) mass is 341 g/mol. The van der Waals surface area contributed by atoms with Gasteiger partial charge in [-0.05, 0) is 30.4 Å². The summed E-state index contributed by atoms with van der Waals surface area (Å²) in [5.74, 6) is 0.359. The smallest absolute Gasteiger partial charge is 0.167 e. The highest BCUT2D eigenvalue weighted by molar-refractivity contribution is 5.63. The van der Waals surface area contributed by atoms with E-state index in [1.165, 1.54) is 19.0 Å². The third-order valence-corrected chi connectivity index (χ3v) is 3.71. The summed E-state index contributed by atoms with van der Waals surface area (Å²) in [6, 6.07) is 5.42. The predicted molar refractivity (Wildman–Crippen MR) is 98.5 cm³/mol. The Bertz CT molecular complexity index is 763. The molecule has 0 saturated heterocycles. The van der Waals surface area contributed by atoms with Gasteiger partial charge in [0, 0.05) is 30.2 Å². The molecule has 2 aromatic heterocycles. The molecular weight excluding hydrogens is 317 g/mol. The summed E-state index contributed by atoms with van der Waals surface area (Å²) in [5, 5.41) is 15.1. The molecule has 0 unspecified atom stereocenters. The second kappa shape index (κ2) is 8.43. The lowest BCUT2D eigenvalue weighted by molar-refractivity contribution is 0.625. The molecule has 0 spiro atoms. The van der Waals surface area contributed by atoms with Crippen molar-refractivity contribution in [2.24, 2.45) is 0 Å². The van der Waals surface area contributed by atoms with Crippen LogP contribution in [0.25, 0.3) is 0 Å². The lowest BCUT2D eigenvalue weighted by Crippen LogP contribution is -2.07. The van der Waals surface area contributed by atoms with Gasteiger partial charge in [-0.3, -0.25) is 0 Å². The van der Waals surface area contributed by atoms with Gasteiger partial charge < -0.3 is 10.6 Å². The first kappa shape index (κ1) is 18.7. The Morgan fingerprint density at radius 2 is 1.92 bits per heavy atom. The van der Waals surface area contributed by atoms with E-state index < -0.39 is 5.82 Å². The lowest BCUT2D eigenvalue weighted by atomic mass is 10.0. The predicted octanol–water partition coefficient (Wildman–Crippen LogP) is 4.95. The molecule has 132 valence electrons. The number of anilines is 3. The van der Waals surface area contributed by atoms with Crippen LogP contribution in [0.15, 0.2) is 24.5 Å². The van der Waals surface area contributed by atoms with Gasteiger partial charge in [-0.2, -0.15) is 5.26 Å². The van der Waals surface area contributed by atoms with E-state index in [0.717, 1.165) is 17.3 Å². The Morgan fingerprint density at radius 3 is 2.48 bits per heavy atom. The normalized spacial score (nSPS) is 12.8. The molecule has 3 rings (SSSR count). The van der Waals surface area contributed by atoms with Gasteiger partial charge >= 0.3 is 0 Å². The zero-order valence-electron chi connectivity index (χ0n) is 15.1. The van der Waals surface area contributed by atoms with Crippen molar-refractivity contribution in [1.82, 2.24) is 9.97 Å². The Kier molecular flexibility index (Phi) is 6.29. The van der Waals surface area contributed by atoms with Crippen LogP contribution in [0.4, 0.5) is 21.7 Å². The highest BCUT2D eigenvalue weighted by Crippen LogP contribution is 2.32. The van der Waals surface area contributed by atoms with Crippen LogP contribution in [0, 0.1) is 17.1 Å². The molecular formula is C19H24FN5. The lowest BCUT2D eigenvalue weighted by Gasteiger charge is -2.16. The van der Waals surface area contributed by atoms with Crippen LogP contribution in [-0.2, 0) is 0 Å². The number of nitrogens with one attached hydrogen (secondary N) is 2. The fourth-order valence-electron chi connectivity index (χ4n) is 2.28. The summed E-state index contributed by atoms with van der Waals surface area (Å²) in [4.78, 5) is 8.28. The first-order valence-electron chi connectivity index (χ1n) is 8.66. The quantitative estimate of drug-likeness (QED) is 0.804. The molecule has 1 aliphatic carbocycles. The number of nitriles is 1. The minimum absolute atomic E-state index is 0.0613. The molecule has 25 heavy (non-hydrogen) atoms.